The summed E-state index contributed by atoms with van der Waals surface area (Å²) in [5.74, 6) is 0.907. The van der Waals surface area contributed by atoms with Crippen molar-refractivity contribution in [2.24, 2.45) is 0 Å². The van der Waals surface area contributed by atoms with Gasteiger partial charge in [-0.1, -0.05) is 65.2 Å². The first-order chi connectivity index (χ1) is 10.2. The molecule has 1 N–H and O–H groups in total. The molecule has 1 aromatic rings. The van der Waals surface area contributed by atoms with E-state index in [9.17, 15) is 0 Å². The van der Waals surface area contributed by atoms with Gasteiger partial charge in [-0.3, -0.25) is 4.98 Å². The fourth-order valence-electron chi connectivity index (χ4n) is 2.81. The van der Waals surface area contributed by atoms with Crippen LogP contribution < -0.4 is 5.32 Å². The number of anilines is 1. The van der Waals surface area contributed by atoms with Crippen LogP contribution in [0, 0.1) is 0 Å². The monoisotopic (exact) mass is 291 g/mol. The van der Waals surface area contributed by atoms with Crippen LogP contribution in [0.5, 0.6) is 0 Å². The van der Waals surface area contributed by atoms with Gasteiger partial charge in [0, 0.05) is 17.9 Å². The molecule has 3 nitrogen and oxygen atoms in total. The Bertz CT molecular complexity index is 353. The lowest BCUT2D eigenvalue weighted by atomic mass is 9.88. The molecule has 0 aliphatic rings. The molecule has 0 aromatic carbocycles. The van der Waals surface area contributed by atoms with E-state index in [0.717, 1.165) is 5.82 Å². The first kappa shape index (κ1) is 17.9. The van der Waals surface area contributed by atoms with Crippen molar-refractivity contribution in [3.05, 3.63) is 18.6 Å². The van der Waals surface area contributed by atoms with Gasteiger partial charge in [-0.05, 0) is 19.8 Å². The van der Waals surface area contributed by atoms with Gasteiger partial charge in [0.05, 0.1) is 6.20 Å². The molecule has 120 valence electrons. The van der Waals surface area contributed by atoms with Crippen molar-refractivity contribution < 1.29 is 0 Å². The number of hydrogen-bond acceptors (Lipinski definition) is 3. The lowest BCUT2D eigenvalue weighted by molar-refractivity contribution is 0.395. The molecular formula is C18H33N3. The molecule has 21 heavy (non-hydrogen) atoms. The minimum absolute atomic E-state index is 0.150. The smallest absolute Gasteiger partial charge is 0.144 e. The molecule has 1 unspecified atom stereocenters. The molecule has 1 rings (SSSR count). The Kier molecular flexibility index (Phi) is 9.04. The molecule has 0 bridgehead atoms. The molecule has 0 saturated carbocycles. The zero-order chi connectivity index (χ0) is 15.4. The van der Waals surface area contributed by atoms with Crippen LogP contribution >= 0.6 is 0 Å². The Morgan fingerprint density at radius 2 is 1.52 bits per heavy atom. The lowest BCUT2D eigenvalue weighted by Crippen LogP contribution is -2.35. The van der Waals surface area contributed by atoms with Gasteiger partial charge in [0.25, 0.3) is 0 Å². The summed E-state index contributed by atoms with van der Waals surface area (Å²) in [7, 11) is 0. The summed E-state index contributed by atoms with van der Waals surface area (Å²) in [6.07, 6.45) is 18.3. The number of nitrogens with zero attached hydrogens (tertiary/aromatic N) is 2. The third kappa shape index (κ3) is 8.03. The van der Waals surface area contributed by atoms with Gasteiger partial charge in [-0.15, -0.1) is 0 Å². The Morgan fingerprint density at radius 3 is 2.14 bits per heavy atom. The Morgan fingerprint density at radius 1 is 0.905 bits per heavy atom. The van der Waals surface area contributed by atoms with Crippen LogP contribution in [0.3, 0.4) is 0 Å². The first-order valence-electron chi connectivity index (χ1n) is 8.74. The molecular weight excluding hydrogens is 258 g/mol. The summed E-state index contributed by atoms with van der Waals surface area (Å²) in [5, 5.41) is 3.63. The molecule has 0 amide bonds. The van der Waals surface area contributed by atoms with Crippen molar-refractivity contribution in [3.63, 3.8) is 0 Å². The maximum atomic E-state index is 4.38. The average molecular weight is 291 g/mol. The molecule has 0 aliphatic heterocycles. The van der Waals surface area contributed by atoms with Crippen LogP contribution in [0.4, 0.5) is 5.82 Å². The third-order valence-corrected chi connectivity index (χ3v) is 4.16. The van der Waals surface area contributed by atoms with Crippen molar-refractivity contribution in [1.82, 2.24) is 9.97 Å². The molecule has 1 heterocycles. The largest absolute Gasteiger partial charge is 0.364 e. The van der Waals surface area contributed by atoms with Gasteiger partial charge in [0.15, 0.2) is 0 Å². The SMILES string of the molecule is CCCCCCCC(C)(CCCCC)Nc1cnccn1. The lowest BCUT2D eigenvalue weighted by Gasteiger charge is -2.31. The van der Waals surface area contributed by atoms with Gasteiger partial charge in [0.1, 0.15) is 5.82 Å². The van der Waals surface area contributed by atoms with E-state index < -0.39 is 0 Å². The quantitative estimate of drug-likeness (QED) is 0.510. The van der Waals surface area contributed by atoms with Gasteiger partial charge < -0.3 is 5.32 Å². The highest BCUT2D eigenvalue weighted by atomic mass is 15.1. The molecule has 1 aromatic heterocycles. The zero-order valence-corrected chi connectivity index (χ0v) is 14.2. The maximum Gasteiger partial charge on any atom is 0.144 e. The molecule has 1 atom stereocenters. The van der Waals surface area contributed by atoms with Crippen LogP contribution in [0.25, 0.3) is 0 Å². The second-order valence-corrected chi connectivity index (χ2v) is 6.40. The second kappa shape index (κ2) is 10.6. The summed E-state index contributed by atoms with van der Waals surface area (Å²) in [6, 6.07) is 0. The maximum absolute atomic E-state index is 4.38. The standard InChI is InChI=1S/C18H33N3/c1-4-6-8-9-11-13-18(3,12-10-7-5-2)21-17-16-19-14-15-20-17/h14-16H,4-13H2,1-3H3,(H,20,21). The second-order valence-electron chi connectivity index (χ2n) is 6.40. The van der Waals surface area contributed by atoms with E-state index in [1.165, 1.54) is 64.2 Å². The number of aromatic nitrogens is 2. The van der Waals surface area contributed by atoms with E-state index in [-0.39, 0.29) is 5.54 Å². The third-order valence-electron chi connectivity index (χ3n) is 4.16. The van der Waals surface area contributed by atoms with Crippen molar-refractivity contribution in [1.29, 1.82) is 0 Å². The van der Waals surface area contributed by atoms with E-state index in [4.69, 9.17) is 0 Å². The number of rotatable bonds is 12. The highest BCUT2D eigenvalue weighted by Gasteiger charge is 2.23. The van der Waals surface area contributed by atoms with Gasteiger partial charge >= 0.3 is 0 Å². The topological polar surface area (TPSA) is 37.8 Å². The molecule has 0 saturated heterocycles. The Labute approximate surface area is 131 Å². The summed E-state index contributed by atoms with van der Waals surface area (Å²) < 4.78 is 0. The Balaban J connectivity index is 2.48. The summed E-state index contributed by atoms with van der Waals surface area (Å²) >= 11 is 0. The summed E-state index contributed by atoms with van der Waals surface area (Å²) in [6.45, 7) is 6.87. The van der Waals surface area contributed by atoms with E-state index in [1.54, 1.807) is 12.4 Å². The highest BCUT2D eigenvalue weighted by Crippen LogP contribution is 2.26. The normalized spacial score (nSPS) is 13.9. The molecule has 0 spiro atoms. The van der Waals surface area contributed by atoms with Crippen LogP contribution in [0.1, 0.15) is 85.0 Å². The van der Waals surface area contributed by atoms with Gasteiger partial charge in [0.2, 0.25) is 0 Å². The average Bonchev–Trinajstić information content (AvgIpc) is 2.48. The minimum atomic E-state index is 0.150. The van der Waals surface area contributed by atoms with E-state index >= 15 is 0 Å². The van der Waals surface area contributed by atoms with E-state index in [2.05, 4.69) is 36.1 Å². The Hall–Kier alpha value is -1.12. The van der Waals surface area contributed by atoms with Crippen molar-refractivity contribution >= 4 is 5.82 Å². The number of hydrogen-bond donors (Lipinski definition) is 1. The van der Waals surface area contributed by atoms with Crippen LogP contribution in [-0.2, 0) is 0 Å². The fourth-order valence-corrected chi connectivity index (χ4v) is 2.81. The highest BCUT2D eigenvalue weighted by molar-refractivity contribution is 5.33. The van der Waals surface area contributed by atoms with Gasteiger partial charge in [-0.2, -0.15) is 0 Å². The number of unbranched alkanes of at least 4 members (excludes halogenated alkanes) is 6. The summed E-state index contributed by atoms with van der Waals surface area (Å²) in [4.78, 5) is 8.54. The van der Waals surface area contributed by atoms with Crippen molar-refractivity contribution in [2.75, 3.05) is 5.32 Å². The molecule has 0 fully saturated rings. The van der Waals surface area contributed by atoms with Crippen molar-refractivity contribution in [3.8, 4) is 0 Å². The minimum Gasteiger partial charge on any atom is -0.364 e. The van der Waals surface area contributed by atoms with E-state index in [0.29, 0.717) is 0 Å². The summed E-state index contributed by atoms with van der Waals surface area (Å²) in [5.41, 5.74) is 0.150. The van der Waals surface area contributed by atoms with Crippen LogP contribution in [-0.4, -0.2) is 15.5 Å². The zero-order valence-electron chi connectivity index (χ0n) is 14.2. The van der Waals surface area contributed by atoms with Crippen LogP contribution in [0.15, 0.2) is 18.6 Å². The predicted molar refractivity (Wildman–Crippen MR) is 91.6 cm³/mol. The number of nitrogens with one attached hydrogen (secondary N) is 1. The molecule has 0 aliphatic carbocycles. The van der Waals surface area contributed by atoms with E-state index in [1.807, 2.05) is 6.20 Å². The first-order valence-corrected chi connectivity index (χ1v) is 8.74. The van der Waals surface area contributed by atoms with Crippen molar-refractivity contribution in [2.45, 2.75) is 90.5 Å². The van der Waals surface area contributed by atoms with Gasteiger partial charge in [-0.25, -0.2) is 4.98 Å². The fraction of sp³-hybridized carbons (Fsp3) is 0.778. The predicted octanol–water partition coefficient (Wildman–Crippen LogP) is 5.59. The van der Waals surface area contributed by atoms with Crippen LogP contribution in [0.2, 0.25) is 0 Å². The molecule has 0 radical (unpaired) electrons. The molecule has 3 heteroatoms.